The van der Waals surface area contributed by atoms with E-state index in [0.29, 0.717) is 5.92 Å². The van der Waals surface area contributed by atoms with Crippen LogP contribution in [0.5, 0.6) is 0 Å². The summed E-state index contributed by atoms with van der Waals surface area (Å²) in [5, 5.41) is 0. The van der Waals surface area contributed by atoms with Crippen molar-refractivity contribution in [1.82, 2.24) is 4.90 Å². The molecular weight excluding hydrogens is 244 g/mol. The molecule has 1 unspecified atom stereocenters. The second-order valence-corrected chi connectivity index (χ2v) is 5.02. The van der Waals surface area contributed by atoms with Crippen LogP contribution in [-0.2, 0) is 6.42 Å². The molecule has 2 heteroatoms. The number of hydrogen-bond acceptors (Lipinski definition) is 2. The summed E-state index contributed by atoms with van der Waals surface area (Å²) in [5.41, 5.74) is 1.40. The van der Waals surface area contributed by atoms with Gasteiger partial charge in [0.1, 0.15) is 5.84 Å². The van der Waals surface area contributed by atoms with Crippen molar-refractivity contribution in [2.45, 2.75) is 26.7 Å². The maximum atomic E-state index is 4.66. The van der Waals surface area contributed by atoms with Crippen molar-refractivity contribution in [3.8, 4) is 0 Å². The summed E-state index contributed by atoms with van der Waals surface area (Å²) in [7, 11) is 0. The van der Waals surface area contributed by atoms with E-state index in [0.717, 1.165) is 25.9 Å². The van der Waals surface area contributed by atoms with Crippen LogP contribution in [-0.4, -0.2) is 23.8 Å². The Bertz CT molecular complexity index is 481. The number of amidine groups is 1. The lowest BCUT2D eigenvalue weighted by molar-refractivity contribution is 0.439. The minimum Gasteiger partial charge on any atom is -0.360 e. The molecule has 106 valence electrons. The van der Waals surface area contributed by atoms with Gasteiger partial charge in [-0.05, 0) is 38.3 Å². The van der Waals surface area contributed by atoms with Gasteiger partial charge in [0.25, 0.3) is 0 Å². The number of nitrogens with zero attached hydrogens (tertiary/aromatic N) is 2. The zero-order valence-corrected chi connectivity index (χ0v) is 12.5. The summed E-state index contributed by atoms with van der Waals surface area (Å²) < 4.78 is 0. The van der Waals surface area contributed by atoms with E-state index in [4.69, 9.17) is 0 Å². The quantitative estimate of drug-likeness (QED) is 0.786. The molecule has 0 amide bonds. The molecule has 1 heterocycles. The van der Waals surface area contributed by atoms with Crippen molar-refractivity contribution in [3.63, 3.8) is 0 Å². The fourth-order valence-electron chi connectivity index (χ4n) is 2.61. The summed E-state index contributed by atoms with van der Waals surface area (Å²) in [4.78, 5) is 7.02. The Balaban J connectivity index is 2.07. The first-order chi connectivity index (χ1) is 9.85. The van der Waals surface area contributed by atoms with Crippen LogP contribution >= 0.6 is 0 Å². The molecule has 0 fully saturated rings. The molecule has 1 aliphatic rings. The fraction of sp³-hybridized carbons (Fsp3) is 0.389. The topological polar surface area (TPSA) is 15.6 Å². The van der Waals surface area contributed by atoms with Gasteiger partial charge in [-0.15, -0.1) is 0 Å². The number of aliphatic imine (C=N–C) groups is 1. The van der Waals surface area contributed by atoms with Gasteiger partial charge >= 0.3 is 0 Å². The summed E-state index contributed by atoms with van der Waals surface area (Å²) >= 11 is 0. The van der Waals surface area contributed by atoms with E-state index in [1.165, 1.54) is 11.4 Å². The van der Waals surface area contributed by atoms with Crippen LogP contribution in [0, 0.1) is 5.92 Å². The molecule has 1 aromatic rings. The SMILES string of the molecule is CCN(CC)C1=NC=CC=CC1CCc1ccccc1. The number of rotatable bonds is 5. The van der Waals surface area contributed by atoms with Crippen molar-refractivity contribution < 1.29 is 0 Å². The van der Waals surface area contributed by atoms with E-state index in [-0.39, 0.29) is 0 Å². The fourth-order valence-corrected chi connectivity index (χ4v) is 2.61. The van der Waals surface area contributed by atoms with Gasteiger partial charge in [0.15, 0.2) is 0 Å². The van der Waals surface area contributed by atoms with E-state index >= 15 is 0 Å². The summed E-state index contributed by atoms with van der Waals surface area (Å²) in [6.07, 6.45) is 10.5. The third kappa shape index (κ3) is 3.83. The van der Waals surface area contributed by atoms with Crippen LogP contribution in [0.25, 0.3) is 0 Å². The third-order valence-corrected chi connectivity index (χ3v) is 3.75. The Labute approximate surface area is 122 Å². The number of hydrogen-bond donors (Lipinski definition) is 0. The zero-order valence-electron chi connectivity index (χ0n) is 12.5. The largest absolute Gasteiger partial charge is 0.360 e. The lowest BCUT2D eigenvalue weighted by Gasteiger charge is -2.27. The highest BCUT2D eigenvalue weighted by atomic mass is 15.2. The number of aryl methyl sites for hydroxylation is 1. The molecule has 0 saturated carbocycles. The first-order valence-corrected chi connectivity index (χ1v) is 7.55. The molecular formula is C18H24N2. The number of benzene rings is 1. The normalized spacial score (nSPS) is 17.7. The second-order valence-electron chi connectivity index (χ2n) is 5.02. The predicted molar refractivity (Wildman–Crippen MR) is 86.9 cm³/mol. The van der Waals surface area contributed by atoms with Crippen LogP contribution < -0.4 is 0 Å². The Morgan fingerprint density at radius 1 is 1.05 bits per heavy atom. The maximum Gasteiger partial charge on any atom is 0.111 e. The highest BCUT2D eigenvalue weighted by Gasteiger charge is 2.18. The van der Waals surface area contributed by atoms with E-state index < -0.39 is 0 Å². The van der Waals surface area contributed by atoms with Crippen molar-refractivity contribution in [2.75, 3.05) is 13.1 Å². The molecule has 2 rings (SSSR count). The van der Waals surface area contributed by atoms with Crippen LogP contribution in [0.3, 0.4) is 0 Å². The summed E-state index contributed by atoms with van der Waals surface area (Å²) in [6, 6.07) is 10.7. The van der Waals surface area contributed by atoms with Gasteiger partial charge in [-0.3, -0.25) is 0 Å². The van der Waals surface area contributed by atoms with E-state index in [1.54, 1.807) is 0 Å². The van der Waals surface area contributed by atoms with Gasteiger partial charge in [-0.2, -0.15) is 0 Å². The van der Waals surface area contributed by atoms with Crippen LogP contribution in [0.1, 0.15) is 25.8 Å². The molecule has 0 radical (unpaired) electrons. The van der Waals surface area contributed by atoms with Crippen molar-refractivity contribution in [1.29, 1.82) is 0 Å². The Morgan fingerprint density at radius 2 is 1.80 bits per heavy atom. The molecule has 0 aromatic heterocycles. The second kappa shape index (κ2) is 7.68. The molecule has 1 aliphatic heterocycles. The Kier molecular flexibility index (Phi) is 5.60. The lowest BCUT2D eigenvalue weighted by Crippen LogP contribution is -2.35. The van der Waals surface area contributed by atoms with Gasteiger partial charge in [0.2, 0.25) is 0 Å². The van der Waals surface area contributed by atoms with Gasteiger partial charge in [-0.25, -0.2) is 4.99 Å². The highest BCUT2D eigenvalue weighted by molar-refractivity contribution is 5.87. The summed E-state index contributed by atoms with van der Waals surface area (Å²) in [6.45, 7) is 6.41. The zero-order chi connectivity index (χ0) is 14.2. The van der Waals surface area contributed by atoms with Gasteiger partial charge in [0, 0.05) is 25.2 Å². The van der Waals surface area contributed by atoms with Crippen molar-refractivity contribution in [2.24, 2.45) is 10.9 Å². The van der Waals surface area contributed by atoms with Crippen LogP contribution in [0.15, 0.2) is 59.8 Å². The first-order valence-electron chi connectivity index (χ1n) is 7.55. The molecule has 0 N–H and O–H groups in total. The molecule has 1 aromatic carbocycles. The highest BCUT2D eigenvalue weighted by Crippen LogP contribution is 2.18. The molecule has 20 heavy (non-hydrogen) atoms. The Hall–Kier alpha value is -1.83. The minimum atomic E-state index is 0.408. The van der Waals surface area contributed by atoms with Crippen molar-refractivity contribution >= 4 is 5.84 Å². The van der Waals surface area contributed by atoms with E-state index in [9.17, 15) is 0 Å². The van der Waals surface area contributed by atoms with Crippen molar-refractivity contribution in [3.05, 3.63) is 60.3 Å². The van der Waals surface area contributed by atoms with Crippen LogP contribution in [0.2, 0.25) is 0 Å². The average Bonchev–Trinajstić information content (AvgIpc) is 2.73. The average molecular weight is 268 g/mol. The van der Waals surface area contributed by atoms with Gasteiger partial charge in [0.05, 0.1) is 0 Å². The van der Waals surface area contributed by atoms with E-state index in [2.05, 4.69) is 66.2 Å². The molecule has 2 nitrogen and oxygen atoms in total. The first kappa shape index (κ1) is 14.6. The summed E-state index contributed by atoms with van der Waals surface area (Å²) in [5.74, 6) is 1.61. The van der Waals surface area contributed by atoms with Gasteiger partial charge < -0.3 is 4.90 Å². The monoisotopic (exact) mass is 268 g/mol. The van der Waals surface area contributed by atoms with Crippen LogP contribution in [0.4, 0.5) is 0 Å². The molecule has 0 bridgehead atoms. The molecule has 1 atom stereocenters. The number of allylic oxidation sites excluding steroid dienone is 2. The Morgan fingerprint density at radius 3 is 2.50 bits per heavy atom. The third-order valence-electron chi connectivity index (χ3n) is 3.75. The lowest BCUT2D eigenvalue weighted by atomic mass is 9.97. The maximum absolute atomic E-state index is 4.66. The standard InChI is InChI=1S/C18H24N2/c1-3-20(4-2)18-17(12-8-9-15-19-18)14-13-16-10-6-5-7-11-16/h5-12,15,17H,3-4,13-14H2,1-2H3. The predicted octanol–water partition coefficient (Wildman–Crippen LogP) is 4.06. The smallest absolute Gasteiger partial charge is 0.111 e. The molecule has 0 aliphatic carbocycles. The van der Waals surface area contributed by atoms with Gasteiger partial charge in [-0.1, -0.05) is 42.5 Å². The molecule has 0 spiro atoms. The minimum absolute atomic E-state index is 0.408. The molecule has 0 saturated heterocycles. The van der Waals surface area contributed by atoms with E-state index in [1.807, 2.05) is 12.3 Å².